The van der Waals surface area contributed by atoms with E-state index in [-0.39, 0.29) is 29.1 Å². The van der Waals surface area contributed by atoms with Crippen LogP contribution in [0, 0.1) is 0 Å². The number of thioether (sulfide) groups is 1. The van der Waals surface area contributed by atoms with E-state index in [4.69, 9.17) is 0 Å². The Morgan fingerprint density at radius 2 is 1.59 bits per heavy atom. The number of methoxy groups -OCH3 is 1. The van der Waals surface area contributed by atoms with Crippen LogP contribution in [0.5, 0.6) is 0 Å². The van der Waals surface area contributed by atoms with Gasteiger partial charge in [0, 0.05) is 5.56 Å². The van der Waals surface area contributed by atoms with Gasteiger partial charge in [-0.2, -0.15) is 0 Å². The summed E-state index contributed by atoms with van der Waals surface area (Å²) >= 11 is 2.31. The number of aromatic nitrogens is 2. The van der Waals surface area contributed by atoms with E-state index in [0.717, 1.165) is 11.3 Å². The van der Waals surface area contributed by atoms with Crippen molar-refractivity contribution in [1.82, 2.24) is 10.2 Å². The van der Waals surface area contributed by atoms with Crippen LogP contribution in [0.15, 0.2) is 94.2 Å². The highest BCUT2D eigenvalue weighted by Crippen LogP contribution is 2.27. The Morgan fingerprint density at radius 3 is 2.24 bits per heavy atom. The summed E-state index contributed by atoms with van der Waals surface area (Å²) in [6, 6.07) is 23.8. The number of benzene rings is 3. The first kappa shape index (κ1) is 26.3. The lowest BCUT2D eigenvalue weighted by molar-refractivity contribution is -0.137. The Morgan fingerprint density at radius 1 is 0.946 bits per heavy atom. The van der Waals surface area contributed by atoms with Crippen LogP contribution < -0.4 is 9.62 Å². The second-order valence-electron chi connectivity index (χ2n) is 7.55. The third-order valence-electron chi connectivity index (χ3n) is 5.09. The number of nitrogens with one attached hydrogen (secondary N) is 1. The van der Waals surface area contributed by atoms with Gasteiger partial charge in [-0.1, -0.05) is 71.6 Å². The van der Waals surface area contributed by atoms with Crippen LogP contribution in [0.1, 0.15) is 15.9 Å². The van der Waals surface area contributed by atoms with Crippen molar-refractivity contribution in [2.24, 2.45) is 0 Å². The van der Waals surface area contributed by atoms with Gasteiger partial charge in [-0.15, -0.1) is 10.2 Å². The number of amides is 1. The van der Waals surface area contributed by atoms with Gasteiger partial charge in [0.25, 0.3) is 15.9 Å². The molecule has 0 aliphatic carbocycles. The number of sulfonamides is 1. The molecular weight excluding hydrogens is 532 g/mol. The van der Waals surface area contributed by atoms with Crippen LogP contribution in [-0.2, 0) is 26.1 Å². The van der Waals surface area contributed by atoms with Crippen molar-refractivity contribution < 1.29 is 22.7 Å². The van der Waals surface area contributed by atoms with Gasteiger partial charge in [0.15, 0.2) is 4.34 Å². The monoisotopic (exact) mass is 554 g/mol. The second kappa shape index (κ2) is 12.0. The van der Waals surface area contributed by atoms with Crippen LogP contribution in [0.25, 0.3) is 0 Å². The maximum Gasteiger partial charge on any atom is 0.316 e. The summed E-state index contributed by atoms with van der Waals surface area (Å²) in [6.07, 6.45) is 0. The van der Waals surface area contributed by atoms with E-state index in [2.05, 4.69) is 20.3 Å². The first-order valence-electron chi connectivity index (χ1n) is 10.9. The predicted octanol–water partition coefficient (Wildman–Crippen LogP) is 4.45. The fraction of sp³-hybridized carbons (Fsp3) is 0.120. The lowest BCUT2D eigenvalue weighted by atomic mass is 10.1. The zero-order chi connectivity index (χ0) is 26.3. The number of anilines is 2. The summed E-state index contributed by atoms with van der Waals surface area (Å²) < 4.78 is 33.3. The summed E-state index contributed by atoms with van der Waals surface area (Å²) in [5.41, 5.74) is 1.61. The number of rotatable bonds is 10. The van der Waals surface area contributed by atoms with Crippen LogP contribution in [-0.4, -0.2) is 43.4 Å². The molecule has 0 atom stereocenters. The molecule has 190 valence electrons. The minimum atomic E-state index is -3.82. The maximum absolute atomic E-state index is 13.4. The quantitative estimate of drug-likeness (QED) is 0.174. The fourth-order valence-corrected chi connectivity index (χ4v) is 6.28. The van der Waals surface area contributed by atoms with Gasteiger partial charge in [0.2, 0.25) is 5.13 Å². The van der Waals surface area contributed by atoms with Gasteiger partial charge in [-0.25, -0.2) is 8.42 Å². The van der Waals surface area contributed by atoms with E-state index < -0.39 is 10.0 Å². The highest BCUT2D eigenvalue weighted by molar-refractivity contribution is 8.01. The Hall–Kier alpha value is -3.74. The molecule has 1 N–H and O–H groups in total. The number of para-hydroxylation sites is 1. The molecule has 0 saturated heterocycles. The highest BCUT2D eigenvalue weighted by atomic mass is 32.2. The molecule has 0 spiro atoms. The fourth-order valence-electron chi connectivity index (χ4n) is 3.22. The smallest absolute Gasteiger partial charge is 0.316 e. The van der Waals surface area contributed by atoms with Crippen molar-refractivity contribution in [2.45, 2.75) is 15.8 Å². The minimum absolute atomic E-state index is 0.0836. The van der Waals surface area contributed by atoms with Crippen molar-refractivity contribution in [3.05, 3.63) is 96.1 Å². The van der Waals surface area contributed by atoms with Gasteiger partial charge < -0.3 is 4.74 Å². The summed E-state index contributed by atoms with van der Waals surface area (Å²) in [5, 5.41) is 10.8. The minimum Gasteiger partial charge on any atom is -0.468 e. The average Bonchev–Trinajstić information content (AvgIpc) is 3.38. The first-order chi connectivity index (χ1) is 17.9. The van der Waals surface area contributed by atoms with Crippen molar-refractivity contribution in [1.29, 1.82) is 0 Å². The molecule has 0 radical (unpaired) electrons. The van der Waals surface area contributed by atoms with Crippen LogP contribution in [0.4, 0.5) is 10.8 Å². The Kier molecular flexibility index (Phi) is 8.54. The molecule has 0 aliphatic heterocycles. The summed E-state index contributed by atoms with van der Waals surface area (Å²) in [6.45, 7) is 0.0836. The molecule has 1 amide bonds. The van der Waals surface area contributed by atoms with E-state index in [9.17, 15) is 18.0 Å². The lowest BCUT2D eigenvalue weighted by Gasteiger charge is -2.24. The molecule has 0 fully saturated rings. The van der Waals surface area contributed by atoms with Gasteiger partial charge in [-0.3, -0.25) is 19.2 Å². The SMILES string of the molecule is COC(=O)CSc1nnc(NC(=O)c2ccc(CN(c3ccccc3)S(=O)(=O)c3ccccc3)cc2)s1. The molecule has 37 heavy (non-hydrogen) atoms. The van der Waals surface area contributed by atoms with Crippen molar-refractivity contribution in [3.8, 4) is 0 Å². The Labute approximate surface area is 222 Å². The normalized spacial score (nSPS) is 11.1. The number of ether oxygens (including phenoxy) is 1. The topological polar surface area (TPSA) is 119 Å². The van der Waals surface area contributed by atoms with Gasteiger partial charge in [0.1, 0.15) is 0 Å². The molecule has 1 aromatic heterocycles. The third kappa shape index (κ3) is 6.73. The molecule has 0 saturated carbocycles. The van der Waals surface area contributed by atoms with E-state index in [1.54, 1.807) is 78.9 Å². The number of carbonyl (C=O) groups is 2. The molecule has 4 rings (SSSR count). The number of hydrogen-bond acceptors (Lipinski definition) is 9. The Balaban J connectivity index is 1.47. The molecule has 9 nitrogen and oxygen atoms in total. The van der Waals surface area contributed by atoms with E-state index >= 15 is 0 Å². The molecule has 0 aliphatic rings. The maximum atomic E-state index is 13.4. The molecule has 0 unspecified atom stereocenters. The highest BCUT2D eigenvalue weighted by Gasteiger charge is 2.25. The van der Waals surface area contributed by atoms with E-state index in [0.29, 0.717) is 26.3 Å². The van der Waals surface area contributed by atoms with Gasteiger partial charge in [0.05, 0.1) is 30.0 Å². The molecule has 1 heterocycles. The molecular formula is C25H22N4O5S3. The summed E-state index contributed by atoms with van der Waals surface area (Å²) in [7, 11) is -2.51. The second-order valence-corrected chi connectivity index (χ2v) is 11.6. The number of carbonyl (C=O) groups excluding carboxylic acids is 2. The van der Waals surface area contributed by atoms with Crippen molar-refractivity contribution in [3.63, 3.8) is 0 Å². The van der Waals surface area contributed by atoms with E-state index in [1.807, 2.05) is 6.07 Å². The van der Waals surface area contributed by atoms with Crippen LogP contribution in [0.3, 0.4) is 0 Å². The average molecular weight is 555 g/mol. The largest absolute Gasteiger partial charge is 0.468 e. The lowest BCUT2D eigenvalue weighted by Crippen LogP contribution is -2.30. The summed E-state index contributed by atoms with van der Waals surface area (Å²) in [5.74, 6) is -0.669. The zero-order valence-electron chi connectivity index (χ0n) is 19.6. The van der Waals surface area contributed by atoms with Gasteiger partial charge >= 0.3 is 5.97 Å². The predicted molar refractivity (Wildman–Crippen MR) is 143 cm³/mol. The van der Waals surface area contributed by atoms with Crippen molar-refractivity contribution >= 4 is 55.8 Å². The molecule has 3 aromatic carbocycles. The summed E-state index contributed by atoms with van der Waals surface area (Å²) in [4.78, 5) is 24.1. The van der Waals surface area contributed by atoms with Crippen LogP contribution in [0.2, 0.25) is 0 Å². The third-order valence-corrected chi connectivity index (χ3v) is 8.82. The Bertz CT molecular complexity index is 1460. The zero-order valence-corrected chi connectivity index (χ0v) is 22.1. The van der Waals surface area contributed by atoms with Gasteiger partial charge in [-0.05, 0) is 42.0 Å². The first-order valence-corrected chi connectivity index (χ1v) is 14.2. The number of esters is 1. The van der Waals surface area contributed by atoms with Crippen LogP contribution >= 0.6 is 23.1 Å². The molecule has 4 aromatic rings. The van der Waals surface area contributed by atoms with Crippen molar-refractivity contribution in [2.75, 3.05) is 22.5 Å². The standard InChI is InChI=1S/C25H22N4O5S3/c1-34-22(30)17-35-25-28-27-24(36-25)26-23(31)19-14-12-18(13-15-19)16-29(20-8-4-2-5-9-20)37(32,33)21-10-6-3-7-11-21/h2-15H,16-17H2,1H3,(H,26,27,31). The number of nitrogens with zero attached hydrogens (tertiary/aromatic N) is 3. The molecule has 0 bridgehead atoms. The van der Waals surface area contributed by atoms with E-state index in [1.165, 1.54) is 23.2 Å². The molecule has 12 heteroatoms. The number of hydrogen-bond donors (Lipinski definition) is 1.